The van der Waals surface area contributed by atoms with E-state index in [1.807, 2.05) is 6.07 Å². The van der Waals surface area contributed by atoms with E-state index in [1.54, 1.807) is 12.1 Å². The summed E-state index contributed by atoms with van der Waals surface area (Å²) < 4.78 is 27.0. The second-order valence-corrected chi connectivity index (χ2v) is 7.77. The molecule has 0 atom stereocenters. The summed E-state index contributed by atoms with van der Waals surface area (Å²) in [5.74, 6) is -0.555. The van der Waals surface area contributed by atoms with Gasteiger partial charge in [-0.1, -0.05) is 6.07 Å². The summed E-state index contributed by atoms with van der Waals surface area (Å²) >= 11 is 6.76. The Morgan fingerprint density at radius 1 is 1.15 bits per heavy atom. The molecule has 1 saturated carbocycles. The molecule has 0 radical (unpaired) electrons. The maximum absolute atomic E-state index is 14.5. The van der Waals surface area contributed by atoms with Crippen molar-refractivity contribution < 1.29 is 18.7 Å². The molecule has 1 aliphatic rings. The summed E-state index contributed by atoms with van der Waals surface area (Å²) in [6.07, 6.45) is 4.19. The number of rotatable bonds is 5. The molecule has 138 valence electrons. The fourth-order valence-electron chi connectivity index (χ4n) is 2.94. The highest BCUT2D eigenvalue weighted by Gasteiger charge is 2.22. The number of amides is 1. The molecule has 0 unspecified atom stereocenters. The van der Waals surface area contributed by atoms with Gasteiger partial charge in [0.25, 0.3) is 5.91 Å². The molecule has 0 spiro atoms. The lowest BCUT2D eigenvalue weighted by molar-refractivity contribution is 0.102. The summed E-state index contributed by atoms with van der Waals surface area (Å²) in [6, 6.07) is 8.00. The summed E-state index contributed by atoms with van der Waals surface area (Å²) in [7, 11) is 1.45. The van der Waals surface area contributed by atoms with Gasteiger partial charge in [-0.2, -0.15) is 0 Å². The van der Waals surface area contributed by atoms with Crippen LogP contribution in [-0.4, -0.2) is 19.1 Å². The van der Waals surface area contributed by atoms with E-state index < -0.39 is 11.7 Å². The molecule has 1 aliphatic carbocycles. The second kappa shape index (κ2) is 8.39. The predicted octanol–water partition coefficient (Wildman–Crippen LogP) is 5.93. The van der Waals surface area contributed by atoms with Crippen LogP contribution in [0.1, 0.15) is 36.0 Å². The van der Waals surface area contributed by atoms with Crippen LogP contribution >= 0.6 is 31.9 Å². The van der Waals surface area contributed by atoms with E-state index in [2.05, 4.69) is 37.2 Å². The van der Waals surface area contributed by atoms with Gasteiger partial charge in [-0.15, -0.1) is 0 Å². The monoisotopic (exact) mass is 485 g/mol. The minimum atomic E-state index is -0.665. The number of ether oxygens (including phenoxy) is 2. The zero-order valence-corrected chi connectivity index (χ0v) is 17.3. The Labute approximate surface area is 168 Å². The van der Waals surface area contributed by atoms with Gasteiger partial charge in [-0.3, -0.25) is 4.79 Å². The Morgan fingerprint density at radius 2 is 1.81 bits per heavy atom. The van der Waals surface area contributed by atoms with Crippen molar-refractivity contribution in [3.63, 3.8) is 0 Å². The van der Waals surface area contributed by atoms with Crippen molar-refractivity contribution in [1.29, 1.82) is 0 Å². The number of halogens is 3. The van der Waals surface area contributed by atoms with Crippen LogP contribution in [0.5, 0.6) is 11.5 Å². The van der Waals surface area contributed by atoms with Gasteiger partial charge in [0, 0.05) is 15.0 Å². The Hall–Kier alpha value is -1.60. The molecule has 3 rings (SSSR count). The van der Waals surface area contributed by atoms with Crippen molar-refractivity contribution in [2.75, 3.05) is 12.4 Å². The number of hydrogen-bond acceptors (Lipinski definition) is 3. The van der Waals surface area contributed by atoms with Crippen LogP contribution in [0, 0.1) is 5.82 Å². The standard InChI is InChI=1S/C19H18Br2FNO3/c1-25-16-10-15(22)12(9-17(16)26-11-5-2-3-6-11)19(24)23-18-13(20)7-4-8-14(18)21/h4,7-11H,2-3,5-6H2,1H3,(H,23,24). The first-order valence-electron chi connectivity index (χ1n) is 8.29. The average Bonchev–Trinajstić information content (AvgIpc) is 3.12. The number of methoxy groups -OCH3 is 1. The van der Waals surface area contributed by atoms with Crippen LogP contribution in [-0.2, 0) is 0 Å². The van der Waals surface area contributed by atoms with Crippen LogP contribution < -0.4 is 14.8 Å². The predicted molar refractivity (Wildman–Crippen MR) is 106 cm³/mol. The van der Waals surface area contributed by atoms with Gasteiger partial charge in [0.15, 0.2) is 11.5 Å². The molecule has 4 nitrogen and oxygen atoms in total. The lowest BCUT2D eigenvalue weighted by Crippen LogP contribution is -2.16. The van der Waals surface area contributed by atoms with Gasteiger partial charge >= 0.3 is 0 Å². The third-order valence-corrected chi connectivity index (χ3v) is 5.62. The highest BCUT2D eigenvalue weighted by Crippen LogP contribution is 2.35. The summed E-state index contributed by atoms with van der Waals surface area (Å²) in [4.78, 5) is 12.6. The van der Waals surface area contributed by atoms with Crippen molar-refractivity contribution >= 4 is 43.5 Å². The van der Waals surface area contributed by atoms with Gasteiger partial charge in [0.05, 0.1) is 24.5 Å². The van der Waals surface area contributed by atoms with E-state index in [9.17, 15) is 9.18 Å². The maximum Gasteiger partial charge on any atom is 0.258 e. The zero-order valence-electron chi connectivity index (χ0n) is 14.2. The molecule has 0 aromatic heterocycles. The van der Waals surface area contributed by atoms with E-state index in [4.69, 9.17) is 9.47 Å². The Kier molecular flexibility index (Phi) is 6.19. The molecule has 0 saturated heterocycles. The SMILES string of the molecule is COc1cc(F)c(C(=O)Nc2c(Br)cccc2Br)cc1OC1CCCC1. The van der Waals surface area contributed by atoms with Crippen LogP contribution in [0.3, 0.4) is 0 Å². The molecular formula is C19H18Br2FNO3. The second-order valence-electron chi connectivity index (χ2n) is 6.06. The quantitative estimate of drug-likeness (QED) is 0.569. The Bertz CT molecular complexity index is 802. The van der Waals surface area contributed by atoms with Crippen molar-refractivity contribution in [2.45, 2.75) is 31.8 Å². The molecule has 26 heavy (non-hydrogen) atoms. The topological polar surface area (TPSA) is 47.6 Å². The van der Waals surface area contributed by atoms with Crippen LogP contribution in [0.2, 0.25) is 0 Å². The van der Waals surface area contributed by atoms with Gasteiger partial charge in [0.2, 0.25) is 0 Å². The first-order valence-corrected chi connectivity index (χ1v) is 9.87. The minimum Gasteiger partial charge on any atom is -0.493 e. The number of para-hydroxylation sites is 1. The number of hydrogen-bond donors (Lipinski definition) is 1. The van der Waals surface area contributed by atoms with Gasteiger partial charge in [-0.05, 0) is 75.7 Å². The lowest BCUT2D eigenvalue weighted by atomic mass is 10.1. The van der Waals surface area contributed by atoms with Crippen molar-refractivity contribution in [3.8, 4) is 11.5 Å². The smallest absolute Gasteiger partial charge is 0.258 e. The van der Waals surface area contributed by atoms with E-state index >= 15 is 0 Å². The highest BCUT2D eigenvalue weighted by atomic mass is 79.9. The number of carbonyl (C=O) groups excluding carboxylic acids is 1. The third-order valence-electron chi connectivity index (χ3n) is 4.30. The molecule has 7 heteroatoms. The number of nitrogens with one attached hydrogen (secondary N) is 1. The van der Waals surface area contributed by atoms with Crippen molar-refractivity contribution in [3.05, 3.63) is 50.7 Å². The van der Waals surface area contributed by atoms with Gasteiger partial charge in [-0.25, -0.2) is 4.39 Å². The van der Waals surface area contributed by atoms with Crippen molar-refractivity contribution in [1.82, 2.24) is 0 Å². The van der Waals surface area contributed by atoms with E-state index in [0.29, 0.717) is 20.4 Å². The Morgan fingerprint density at radius 3 is 2.42 bits per heavy atom. The zero-order chi connectivity index (χ0) is 18.7. The summed E-state index contributed by atoms with van der Waals surface area (Å²) in [6.45, 7) is 0. The molecule has 0 aliphatic heterocycles. The van der Waals surface area contributed by atoms with E-state index in [0.717, 1.165) is 25.7 Å². The first-order chi connectivity index (χ1) is 12.5. The number of anilines is 1. The van der Waals surface area contributed by atoms with Gasteiger partial charge < -0.3 is 14.8 Å². The molecule has 0 heterocycles. The molecule has 2 aromatic carbocycles. The van der Waals surface area contributed by atoms with E-state index in [1.165, 1.54) is 19.2 Å². The van der Waals surface area contributed by atoms with Crippen LogP contribution in [0.25, 0.3) is 0 Å². The number of benzene rings is 2. The third kappa shape index (κ3) is 4.20. The molecule has 2 aromatic rings. The average molecular weight is 487 g/mol. The first kappa shape index (κ1) is 19.2. The fraction of sp³-hybridized carbons (Fsp3) is 0.316. The highest BCUT2D eigenvalue weighted by molar-refractivity contribution is 9.11. The van der Waals surface area contributed by atoms with Crippen LogP contribution in [0.4, 0.5) is 10.1 Å². The minimum absolute atomic E-state index is 0.0719. The molecule has 1 amide bonds. The van der Waals surface area contributed by atoms with Crippen molar-refractivity contribution in [2.24, 2.45) is 0 Å². The molecule has 0 bridgehead atoms. The van der Waals surface area contributed by atoms with E-state index in [-0.39, 0.29) is 17.4 Å². The summed E-state index contributed by atoms with van der Waals surface area (Å²) in [5, 5.41) is 2.72. The fourth-order valence-corrected chi connectivity index (χ4v) is 4.14. The molecular weight excluding hydrogens is 469 g/mol. The lowest BCUT2D eigenvalue weighted by Gasteiger charge is -2.17. The molecule has 1 fully saturated rings. The normalized spacial score (nSPS) is 14.3. The summed E-state index contributed by atoms with van der Waals surface area (Å²) in [5.41, 5.74) is 0.437. The largest absolute Gasteiger partial charge is 0.493 e. The maximum atomic E-state index is 14.5. The Balaban J connectivity index is 1.89. The number of carbonyl (C=O) groups is 1. The molecule has 1 N–H and O–H groups in total. The van der Waals surface area contributed by atoms with Crippen LogP contribution in [0.15, 0.2) is 39.3 Å². The van der Waals surface area contributed by atoms with Gasteiger partial charge in [0.1, 0.15) is 5.82 Å².